The number of sulfonamides is 1. The molecular weight excluding hydrogens is 336 g/mol. The molecule has 0 atom stereocenters. The molecule has 2 heterocycles. The minimum atomic E-state index is -3.53. The van der Waals surface area contributed by atoms with Crippen molar-refractivity contribution in [3.8, 4) is 0 Å². The van der Waals surface area contributed by atoms with Gasteiger partial charge in [-0.1, -0.05) is 11.6 Å². The fraction of sp³-hybridized carbons (Fsp3) is 0.526. The first-order valence-corrected chi connectivity index (χ1v) is 10.7. The maximum atomic E-state index is 12.7. The number of benzene rings is 1. The second-order valence-electron chi connectivity index (χ2n) is 7.17. The second-order valence-corrected chi connectivity index (χ2v) is 8.94. The minimum Gasteiger partial charge on any atom is -0.312 e. The van der Waals surface area contributed by atoms with Gasteiger partial charge in [-0.15, -0.1) is 0 Å². The van der Waals surface area contributed by atoms with Crippen LogP contribution >= 0.6 is 0 Å². The Morgan fingerprint density at radius 1 is 1.08 bits per heavy atom. The quantitative estimate of drug-likeness (QED) is 0.821. The Kier molecular flexibility index (Phi) is 4.41. The van der Waals surface area contributed by atoms with Gasteiger partial charge in [0, 0.05) is 13.1 Å². The third-order valence-electron chi connectivity index (χ3n) is 5.42. The summed E-state index contributed by atoms with van der Waals surface area (Å²) in [5.41, 5.74) is 4.17. The zero-order valence-corrected chi connectivity index (χ0v) is 15.2. The van der Waals surface area contributed by atoms with E-state index in [0.29, 0.717) is 17.9 Å². The average Bonchev–Trinajstić information content (AvgIpc) is 2.93. The first-order chi connectivity index (χ1) is 12.0. The Morgan fingerprint density at radius 3 is 2.72 bits per heavy atom. The molecule has 1 aromatic carbocycles. The molecule has 0 spiro atoms. The van der Waals surface area contributed by atoms with Gasteiger partial charge >= 0.3 is 0 Å². The van der Waals surface area contributed by atoms with E-state index in [1.54, 1.807) is 12.1 Å². The lowest BCUT2D eigenvalue weighted by Gasteiger charge is -2.26. The van der Waals surface area contributed by atoms with Gasteiger partial charge < -0.3 is 4.90 Å². The first kappa shape index (κ1) is 16.8. The molecule has 0 saturated heterocycles. The number of carbonyl (C=O) groups excluding carboxylic acids is 1. The Morgan fingerprint density at radius 2 is 1.92 bits per heavy atom. The van der Waals surface area contributed by atoms with Crippen molar-refractivity contribution >= 4 is 21.6 Å². The van der Waals surface area contributed by atoms with Crippen LogP contribution in [0.25, 0.3) is 0 Å². The normalized spacial score (nSPS) is 19.8. The number of aryl methyl sites for hydroxylation is 1. The number of anilines is 1. The topological polar surface area (TPSA) is 66.5 Å². The summed E-state index contributed by atoms with van der Waals surface area (Å²) >= 11 is 0. The number of allylic oxidation sites excluding steroid dienone is 1. The van der Waals surface area contributed by atoms with Gasteiger partial charge in [-0.05, 0) is 68.2 Å². The van der Waals surface area contributed by atoms with Crippen LogP contribution in [0.15, 0.2) is 28.7 Å². The summed E-state index contributed by atoms with van der Waals surface area (Å²) in [5.74, 6) is 0.0858. The lowest BCUT2D eigenvalue weighted by Crippen LogP contribution is -2.31. The van der Waals surface area contributed by atoms with Crippen LogP contribution in [0.2, 0.25) is 0 Å². The number of hydrogen-bond donors (Lipinski definition) is 1. The Bertz CT molecular complexity index is 842. The standard InChI is InChI=1S/C19H24N2O3S/c22-18-13-16-12-17(11-15-7-4-10-21(18)19(15)16)25(23,24)20-9-8-14-5-2-1-3-6-14/h5,11-12,20H,1-4,6-10,13H2. The molecule has 25 heavy (non-hydrogen) atoms. The van der Waals surface area contributed by atoms with Gasteiger partial charge in [0.2, 0.25) is 15.9 Å². The number of nitrogens with one attached hydrogen (secondary N) is 1. The van der Waals surface area contributed by atoms with Crippen molar-refractivity contribution in [1.82, 2.24) is 4.72 Å². The maximum Gasteiger partial charge on any atom is 0.240 e. The van der Waals surface area contributed by atoms with Gasteiger partial charge in [0.25, 0.3) is 0 Å². The zero-order valence-electron chi connectivity index (χ0n) is 14.4. The monoisotopic (exact) mass is 360 g/mol. The van der Waals surface area contributed by atoms with Crippen LogP contribution in [0, 0.1) is 0 Å². The number of nitrogens with zero attached hydrogens (tertiary/aromatic N) is 1. The third kappa shape index (κ3) is 3.25. The number of carbonyl (C=O) groups is 1. The van der Waals surface area contributed by atoms with Crippen LogP contribution in [-0.4, -0.2) is 27.4 Å². The van der Waals surface area contributed by atoms with Crippen molar-refractivity contribution in [2.24, 2.45) is 0 Å². The highest BCUT2D eigenvalue weighted by Crippen LogP contribution is 2.38. The van der Waals surface area contributed by atoms with E-state index in [2.05, 4.69) is 10.8 Å². The SMILES string of the molecule is O=C1Cc2cc(S(=O)(=O)NCCC3=CCCCC3)cc3c2N1CCC3. The van der Waals surface area contributed by atoms with Crippen LogP contribution in [-0.2, 0) is 27.7 Å². The van der Waals surface area contributed by atoms with Crippen molar-refractivity contribution in [3.63, 3.8) is 0 Å². The van der Waals surface area contributed by atoms with Crippen molar-refractivity contribution in [1.29, 1.82) is 0 Å². The summed E-state index contributed by atoms with van der Waals surface area (Å²) in [6, 6.07) is 3.44. The van der Waals surface area contributed by atoms with Gasteiger partial charge in [-0.2, -0.15) is 0 Å². The summed E-state index contributed by atoms with van der Waals surface area (Å²) in [6.07, 6.45) is 9.72. The predicted octanol–water partition coefficient (Wildman–Crippen LogP) is 2.69. The van der Waals surface area contributed by atoms with Crippen molar-refractivity contribution in [2.75, 3.05) is 18.0 Å². The summed E-state index contributed by atoms with van der Waals surface area (Å²) in [5, 5.41) is 0. The molecule has 1 amide bonds. The molecule has 0 aromatic heterocycles. The molecule has 0 saturated carbocycles. The predicted molar refractivity (Wildman–Crippen MR) is 97.2 cm³/mol. The Labute approximate surface area is 149 Å². The van der Waals surface area contributed by atoms with Crippen molar-refractivity contribution in [2.45, 2.75) is 56.3 Å². The lowest BCUT2D eigenvalue weighted by atomic mass is 9.97. The maximum absolute atomic E-state index is 12.7. The van der Waals surface area contributed by atoms with Gasteiger partial charge in [0.15, 0.2) is 0 Å². The molecule has 1 aromatic rings. The molecule has 6 heteroatoms. The number of rotatable bonds is 5. The van der Waals surface area contributed by atoms with E-state index in [1.165, 1.54) is 18.4 Å². The van der Waals surface area contributed by atoms with Crippen LogP contribution in [0.4, 0.5) is 5.69 Å². The third-order valence-corrected chi connectivity index (χ3v) is 6.86. The van der Waals surface area contributed by atoms with Gasteiger partial charge in [0.05, 0.1) is 17.0 Å². The molecule has 1 aliphatic carbocycles. The average molecular weight is 360 g/mol. The zero-order chi connectivity index (χ0) is 17.4. The van der Waals surface area contributed by atoms with E-state index < -0.39 is 10.0 Å². The van der Waals surface area contributed by atoms with Crippen molar-refractivity contribution in [3.05, 3.63) is 34.9 Å². The van der Waals surface area contributed by atoms with Crippen LogP contribution < -0.4 is 9.62 Å². The molecule has 0 fully saturated rings. The smallest absolute Gasteiger partial charge is 0.240 e. The molecule has 1 N–H and O–H groups in total. The van der Waals surface area contributed by atoms with E-state index in [1.807, 2.05) is 4.90 Å². The molecule has 3 aliphatic rings. The number of amides is 1. The van der Waals surface area contributed by atoms with E-state index in [4.69, 9.17) is 0 Å². The van der Waals surface area contributed by atoms with Gasteiger partial charge in [-0.3, -0.25) is 4.79 Å². The Hall–Kier alpha value is -1.66. The second kappa shape index (κ2) is 6.57. The van der Waals surface area contributed by atoms with E-state index in [0.717, 1.165) is 55.5 Å². The van der Waals surface area contributed by atoms with Crippen molar-refractivity contribution < 1.29 is 13.2 Å². The minimum absolute atomic E-state index is 0.0858. The van der Waals surface area contributed by atoms with E-state index in [-0.39, 0.29) is 5.91 Å². The molecule has 0 radical (unpaired) electrons. The molecule has 2 aliphatic heterocycles. The van der Waals surface area contributed by atoms with Gasteiger partial charge in [0.1, 0.15) is 0 Å². The molecule has 4 rings (SSSR count). The molecule has 134 valence electrons. The highest BCUT2D eigenvalue weighted by molar-refractivity contribution is 7.89. The summed E-state index contributed by atoms with van der Waals surface area (Å²) < 4.78 is 28.1. The fourth-order valence-electron chi connectivity index (χ4n) is 4.16. The summed E-state index contributed by atoms with van der Waals surface area (Å²) in [6.45, 7) is 1.18. The molecule has 0 bridgehead atoms. The first-order valence-electron chi connectivity index (χ1n) is 9.18. The van der Waals surface area contributed by atoms with E-state index >= 15 is 0 Å². The van der Waals surface area contributed by atoms with Crippen LogP contribution in [0.1, 0.15) is 49.7 Å². The highest BCUT2D eigenvalue weighted by Gasteiger charge is 2.33. The van der Waals surface area contributed by atoms with E-state index in [9.17, 15) is 13.2 Å². The molecular formula is C19H24N2O3S. The lowest BCUT2D eigenvalue weighted by molar-refractivity contribution is -0.117. The summed E-state index contributed by atoms with van der Waals surface area (Å²) in [7, 11) is -3.53. The van der Waals surface area contributed by atoms with Crippen LogP contribution in [0.3, 0.4) is 0 Å². The summed E-state index contributed by atoms with van der Waals surface area (Å²) in [4.78, 5) is 14.2. The fourth-order valence-corrected chi connectivity index (χ4v) is 5.30. The Balaban J connectivity index is 1.52. The van der Waals surface area contributed by atoms with Gasteiger partial charge in [-0.25, -0.2) is 13.1 Å². The van der Waals surface area contributed by atoms with Crippen LogP contribution in [0.5, 0.6) is 0 Å². The molecule has 5 nitrogen and oxygen atoms in total. The molecule has 0 unspecified atom stereocenters. The largest absolute Gasteiger partial charge is 0.312 e. The highest BCUT2D eigenvalue weighted by atomic mass is 32.2. The number of hydrogen-bond acceptors (Lipinski definition) is 3.